The van der Waals surface area contributed by atoms with Gasteiger partial charge in [0.1, 0.15) is 5.82 Å². The number of benzene rings is 1. The average Bonchev–Trinajstić information content (AvgIpc) is 2.85. The van der Waals surface area contributed by atoms with E-state index in [1.807, 2.05) is 6.20 Å². The lowest BCUT2D eigenvalue weighted by Crippen LogP contribution is -1.83. The third kappa shape index (κ3) is 3.59. The number of aromatic nitrogens is 2. The molecule has 18 heavy (non-hydrogen) atoms. The van der Waals surface area contributed by atoms with Crippen molar-refractivity contribution < 1.29 is 0 Å². The number of allylic oxidation sites excluding steroid dienone is 1. The number of H-pyrrole nitrogens is 1. The summed E-state index contributed by atoms with van der Waals surface area (Å²) in [7, 11) is 0. The smallest absolute Gasteiger partial charge is 0.106 e. The first-order chi connectivity index (χ1) is 8.78. The molecular formula is C16H20N2. The first kappa shape index (κ1) is 12.6. The molecule has 0 bridgehead atoms. The van der Waals surface area contributed by atoms with E-state index in [4.69, 9.17) is 0 Å². The van der Waals surface area contributed by atoms with Crippen LogP contribution in [0.5, 0.6) is 0 Å². The highest BCUT2D eigenvalue weighted by Gasteiger charge is 1.94. The van der Waals surface area contributed by atoms with Gasteiger partial charge in [0, 0.05) is 6.42 Å². The quantitative estimate of drug-likeness (QED) is 0.843. The van der Waals surface area contributed by atoms with Crippen molar-refractivity contribution in [2.24, 2.45) is 0 Å². The van der Waals surface area contributed by atoms with E-state index in [0.29, 0.717) is 0 Å². The van der Waals surface area contributed by atoms with Crippen molar-refractivity contribution in [1.82, 2.24) is 9.97 Å². The van der Waals surface area contributed by atoms with Gasteiger partial charge in [0.25, 0.3) is 0 Å². The van der Waals surface area contributed by atoms with Crippen LogP contribution in [-0.2, 0) is 12.8 Å². The molecule has 0 amide bonds. The van der Waals surface area contributed by atoms with E-state index in [0.717, 1.165) is 30.8 Å². The van der Waals surface area contributed by atoms with Crippen LogP contribution in [0.15, 0.2) is 36.5 Å². The highest BCUT2D eigenvalue weighted by molar-refractivity contribution is 5.43. The third-order valence-electron chi connectivity index (χ3n) is 3.00. The Labute approximate surface area is 109 Å². The molecule has 1 aromatic heterocycles. The van der Waals surface area contributed by atoms with E-state index in [1.54, 1.807) is 0 Å². The lowest BCUT2D eigenvalue weighted by molar-refractivity contribution is 0.986. The summed E-state index contributed by atoms with van der Waals surface area (Å²) >= 11 is 0. The molecule has 1 N–H and O–H groups in total. The maximum atomic E-state index is 4.27. The van der Waals surface area contributed by atoms with E-state index in [2.05, 4.69) is 60.2 Å². The van der Waals surface area contributed by atoms with E-state index in [9.17, 15) is 0 Å². The molecule has 94 valence electrons. The van der Waals surface area contributed by atoms with Crippen molar-refractivity contribution in [1.29, 1.82) is 0 Å². The first-order valence-corrected chi connectivity index (χ1v) is 6.54. The van der Waals surface area contributed by atoms with E-state index in [-0.39, 0.29) is 0 Å². The molecule has 2 aromatic rings. The summed E-state index contributed by atoms with van der Waals surface area (Å²) in [4.78, 5) is 7.55. The van der Waals surface area contributed by atoms with Crippen molar-refractivity contribution in [2.45, 2.75) is 33.1 Å². The standard InChI is InChI=1S/C16H20N2/c1-3-16-17-12-15(18-16)7-5-4-6-14-10-8-13(2)9-11-14/h5,7-12H,3-4,6H2,1-2H3,(H,17,18)/b7-5+. The number of aryl methyl sites for hydroxylation is 3. The van der Waals surface area contributed by atoms with Crippen molar-refractivity contribution in [2.75, 3.05) is 0 Å². The maximum Gasteiger partial charge on any atom is 0.106 e. The molecule has 0 unspecified atom stereocenters. The molecule has 0 radical (unpaired) electrons. The van der Waals surface area contributed by atoms with E-state index in [1.165, 1.54) is 11.1 Å². The van der Waals surface area contributed by atoms with Gasteiger partial charge in [-0.1, -0.05) is 42.8 Å². The lowest BCUT2D eigenvalue weighted by atomic mass is 10.1. The highest BCUT2D eigenvalue weighted by atomic mass is 14.9. The average molecular weight is 240 g/mol. The number of rotatable bonds is 5. The second-order valence-corrected chi connectivity index (χ2v) is 4.57. The van der Waals surface area contributed by atoms with Crippen LogP contribution >= 0.6 is 0 Å². The van der Waals surface area contributed by atoms with Crippen molar-refractivity contribution >= 4 is 6.08 Å². The third-order valence-corrected chi connectivity index (χ3v) is 3.00. The normalized spacial score (nSPS) is 11.2. The van der Waals surface area contributed by atoms with Crippen LogP contribution in [0.25, 0.3) is 6.08 Å². The monoisotopic (exact) mass is 240 g/mol. The maximum absolute atomic E-state index is 4.27. The topological polar surface area (TPSA) is 28.7 Å². The second kappa shape index (κ2) is 6.20. The van der Waals surface area contributed by atoms with E-state index < -0.39 is 0 Å². The van der Waals surface area contributed by atoms with Gasteiger partial charge in [0.05, 0.1) is 11.9 Å². The Balaban J connectivity index is 1.82. The predicted molar refractivity (Wildman–Crippen MR) is 76.5 cm³/mol. The predicted octanol–water partition coefficient (Wildman–Crippen LogP) is 3.93. The van der Waals surface area contributed by atoms with Crippen LogP contribution in [0.4, 0.5) is 0 Å². The minimum absolute atomic E-state index is 0.956. The second-order valence-electron chi connectivity index (χ2n) is 4.57. The molecule has 1 heterocycles. The fourth-order valence-electron chi connectivity index (χ4n) is 1.86. The number of aromatic amines is 1. The van der Waals surface area contributed by atoms with Gasteiger partial charge in [-0.3, -0.25) is 0 Å². The zero-order valence-corrected chi connectivity index (χ0v) is 11.1. The van der Waals surface area contributed by atoms with Crippen LogP contribution in [0.2, 0.25) is 0 Å². The fourth-order valence-corrected chi connectivity index (χ4v) is 1.86. The summed E-state index contributed by atoms with van der Waals surface area (Å²) in [6.45, 7) is 4.22. The molecule has 0 aliphatic heterocycles. The van der Waals surface area contributed by atoms with Crippen molar-refractivity contribution in [3.05, 3.63) is 59.2 Å². The Hall–Kier alpha value is -1.83. The van der Waals surface area contributed by atoms with Gasteiger partial charge in [-0.15, -0.1) is 0 Å². The zero-order valence-electron chi connectivity index (χ0n) is 11.1. The van der Waals surface area contributed by atoms with Crippen LogP contribution in [0.3, 0.4) is 0 Å². The molecular weight excluding hydrogens is 220 g/mol. The molecule has 0 saturated heterocycles. The zero-order chi connectivity index (χ0) is 12.8. The van der Waals surface area contributed by atoms with E-state index >= 15 is 0 Å². The molecule has 0 aliphatic rings. The Morgan fingerprint density at radius 3 is 2.67 bits per heavy atom. The summed E-state index contributed by atoms with van der Waals surface area (Å²) in [5.74, 6) is 1.05. The minimum atomic E-state index is 0.956. The van der Waals surface area contributed by atoms with Crippen LogP contribution in [0.1, 0.15) is 36.0 Å². The molecule has 1 aromatic carbocycles. The lowest BCUT2D eigenvalue weighted by Gasteiger charge is -1.98. The van der Waals surface area contributed by atoms with Gasteiger partial charge < -0.3 is 4.98 Å². The summed E-state index contributed by atoms with van der Waals surface area (Å²) in [6, 6.07) is 8.74. The Morgan fingerprint density at radius 1 is 1.22 bits per heavy atom. The first-order valence-electron chi connectivity index (χ1n) is 6.54. The number of hydrogen-bond acceptors (Lipinski definition) is 1. The fraction of sp³-hybridized carbons (Fsp3) is 0.312. The minimum Gasteiger partial charge on any atom is -0.343 e. The summed E-state index contributed by atoms with van der Waals surface area (Å²) in [6.07, 6.45) is 9.31. The largest absolute Gasteiger partial charge is 0.343 e. The molecule has 2 rings (SSSR count). The summed E-state index contributed by atoms with van der Waals surface area (Å²) < 4.78 is 0. The van der Waals surface area contributed by atoms with Gasteiger partial charge >= 0.3 is 0 Å². The molecule has 2 nitrogen and oxygen atoms in total. The molecule has 0 spiro atoms. The molecule has 0 fully saturated rings. The van der Waals surface area contributed by atoms with Gasteiger partial charge in [0.2, 0.25) is 0 Å². The molecule has 2 heteroatoms. The molecule has 0 atom stereocenters. The Morgan fingerprint density at radius 2 is 2.00 bits per heavy atom. The van der Waals surface area contributed by atoms with Crippen LogP contribution in [-0.4, -0.2) is 9.97 Å². The SMILES string of the molecule is CCc1ncc(/C=C/CCc2ccc(C)cc2)[nH]1. The molecule has 0 aliphatic carbocycles. The van der Waals surface area contributed by atoms with Crippen molar-refractivity contribution in [3.63, 3.8) is 0 Å². The van der Waals surface area contributed by atoms with Gasteiger partial charge in [-0.25, -0.2) is 4.98 Å². The van der Waals surface area contributed by atoms with Gasteiger partial charge in [-0.2, -0.15) is 0 Å². The van der Waals surface area contributed by atoms with Gasteiger partial charge in [-0.05, 0) is 31.4 Å². The molecule has 0 saturated carbocycles. The highest BCUT2D eigenvalue weighted by Crippen LogP contribution is 2.07. The Bertz CT molecular complexity index is 506. The number of hydrogen-bond donors (Lipinski definition) is 1. The number of imidazole rings is 1. The summed E-state index contributed by atoms with van der Waals surface area (Å²) in [5.41, 5.74) is 3.80. The van der Waals surface area contributed by atoms with Crippen LogP contribution in [0, 0.1) is 6.92 Å². The van der Waals surface area contributed by atoms with Crippen molar-refractivity contribution in [3.8, 4) is 0 Å². The van der Waals surface area contributed by atoms with Gasteiger partial charge in [0.15, 0.2) is 0 Å². The Kier molecular flexibility index (Phi) is 4.35. The summed E-state index contributed by atoms with van der Waals surface area (Å²) in [5, 5.41) is 0. The number of nitrogens with zero attached hydrogens (tertiary/aromatic N) is 1. The number of nitrogens with one attached hydrogen (secondary N) is 1. The van der Waals surface area contributed by atoms with Crippen LogP contribution < -0.4 is 0 Å².